The molecule has 1 saturated heterocycles. The number of likely N-dealkylation sites (tertiary alicyclic amines) is 1. The van der Waals surface area contributed by atoms with Gasteiger partial charge in [-0.3, -0.25) is 4.90 Å². The Morgan fingerprint density at radius 1 is 1.20 bits per heavy atom. The second-order valence-corrected chi connectivity index (χ2v) is 5.40. The second-order valence-electron chi connectivity index (χ2n) is 5.40. The van der Waals surface area contributed by atoms with Crippen LogP contribution in [0, 0.1) is 0 Å². The van der Waals surface area contributed by atoms with Crippen LogP contribution < -0.4 is 5.73 Å². The van der Waals surface area contributed by atoms with Gasteiger partial charge in [0.1, 0.15) is 0 Å². The summed E-state index contributed by atoms with van der Waals surface area (Å²) in [6, 6.07) is 2.18. The van der Waals surface area contributed by atoms with E-state index in [0.717, 1.165) is 12.1 Å². The van der Waals surface area contributed by atoms with Crippen molar-refractivity contribution in [3.8, 4) is 0 Å². The summed E-state index contributed by atoms with van der Waals surface area (Å²) in [7, 11) is 0. The highest BCUT2D eigenvalue weighted by molar-refractivity contribution is 4.89. The number of nitrogens with two attached hydrogens (primary N) is 1. The van der Waals surface area contributed by atoms with E-state index in [1.54, 1.807) is 0 Å². The second kappa shape index (κ2) is 5.31. The third kappa shape index (κ3) is 2.73. The zero-order valence-electron chi connectivity index (χ0n) is 10.1. The monoisotopic (exact) mass is 210 g/mol. The summed E-state index contributed by atoms with van der Waals surface area (Å²) in [5, 5.41) is 0. The Bertz CT molecular complexity index is 186. The van der Waals surface area contributed by atoms with Gasteiger partial charge in [0.2, 0.25) is 0 Å². The van der Waals surface area contributed by atoms with Crippen LogP contribution in [0.5, 0.6) is 0 Å². The Labute approximate surface area is 94.2 Å². The smallest absolute Gasteiger partial charge is 0.0113 e. The van der Waals surface area contributed by atoms with E-state index < -0.39 is 0 Å². The first-order valence-electron chi connectivity index (χ1n) is 6.82. The first-order chi connectivity index (χ1) is 7.31. The van der Waals surface area contributed by atoms with Gasteiger partial charge in [0.05, 0.1) is 0 Å². The minimum absolute atomic E-state index is 0.485. The molecular formula is C13H26N2. The number of piperidine rings is 1. The molecule has 0 aromatic heterocycles. The molecule has 2 fully saturated rings. The molecule has 3 atom stereocenters. The molecule has 0 amide bonds. The summed E-state index contributed by atoms with van der Waals surface area (Å²) in [5.41, 5.74) is 6.02. The quantitative estimate of drug-likeness (QED) is 0.775. The molecule has 1 aliphatic heterocycles. The maximum atomic E-state index is 6.02. The van der Waals surface area contributed by atoms with Crippen LogP contribution in [-0.4, -0.2) is 29.6 Å². The van der Waals surface area contributed by atoms with Crippen molar-refractivity contribution in [3.63, 3.8) is 0 Å². The molecule has 15 heavy (non-hydrogen) atoms. The van der Waals surface area contributed by atoms with Gasteiger partial charge in [-0.2, -0.15) is 0 Å². The molecule has 2 nitrogen and oxygen atoms in total. The van der Waals surface area contributed by atoms with E-state index in [1.165, 1.54) is 57.9 Å². The average Bonchev–Trinajstić information content (AvgIpc) is 2.66. The van der Waals surface area contributed by atoms with Crippen LogP contribution in [0.25, 0.3) is 0 Å². The Kier molecular flexibility index (Phi) is 4.04. The van der Waals surface area contributed by atoms with E-state index in [9.17, 15) is 0 Å². The third-order valence-corrected chi connectivity index (χ3v) is 4.21. The van der Waals surface area contributed by atoms with Gasteiger partial charge in [0.25, 0.3) is 0 Å². The summed E-state index contributed by atoms with van der Waals surface area (Å²) in [6.45, 7) is 3.65. The van der Waals surface area contributed by atoms with Crippen molar-refractivity contribution in [1.29, 1.82) is 0 Å². The third-order valence-electron chi connectivity index (χ3n) is 4.21. The summed E-state index contributed by atoms with van der Waals surface area (Å²) in [4.78, 5) is 2.79. The van der Waals surface area contributed by atoms with Gasteiger partial charge in [0, 0.05) is 18.1 Å². The number of nitrogens with zero attached hydrogens (tertiary/aromatic N) is 1. The first-order valence-corrected chi connectivity index (χ1v) is 6.82. The Hall–Kier alpha value is -0.0800. The van der Waals surface area contributed by atoms with Gasteiger partial charge in [-0.15, -0.1) is 0 Å². The minimum Gasteiger partial charge on any atom is -0.328 e. The van der Waals surface area contributed by atoms with E-state index in [1.807, 2.05) is 0 Å². The predicted octanol–water partition coefficient (Wildman–Crippen LogP) is 2.52. The zero-order valence-corrected chi connectivity index (χ0v) is 10.1. The molecule has 88 valence electrons. The minimum atomic E-state index is 0.485. The predicted molar refractivity (Wildman–Crippen MR) is 64.9 cm³/mol. The van der Waals surface area contributed by atoms with Gasteiger partial charge in [-0.1, -0.05) is 19.8 Å². The summed E-state index contributed by atoms with van der Waals surface area (Å²) >= 11 is 0. The van der Waals surface area contributed by atoms with E-state index >= 15 is 0 Å². The lowest BCUT2D eigenvalue weighted by molar-refractivity contribution is 0.0900. The molecule has 1 saturated carbocycles. The maximum Gasteiger partial charge on any atom is 0.0113 e. The first kappa shape index (κ1) is 11.4. The maximum absolute atomic E-state index is 6.02. The molecule has 2 N–H and O–H groups in total. The molecular weight excluding hydrogens is 184 g/mol. The van der Waals surface area contributed by atoms with E-state index in [2.05, 4.69) is 11.8 Å². The van der Waals surface area contributed by atoms with Gasteiger partial charge >= 0.3 is 0 Å². The van der Waals surface area contributed by atoms with E-state index in [-0.39, 0.29) is 0 Å². The van der Waals surface area contributed by atoms with Crippen LogP contribution in [0.4, 0.5) is 0 Å². The number of rotatable bonds is 3. The van der Waals surface area contributed by atoms with Gasteiger partial charge in [-0.25, -0.2) is 0 Å². The summed E-state index contributed by atoms with van der Waals surface area (Å²) in [5.74, 6) is 0. The van der Waals surface area contributed by atoms with Crippen LogP contribution in [0.3, 0.4) is 0 Å². The molecule has 1 heterocycles. The zero-order chi connectivity index (χ0) is 10.7. The Morgan fingerprint density at radius 2 is 2.07 bits per heavy atom. The molecule has 2 rings (SSSR count). The fourth-order valence-electron chi connectivity index (χ4n) is 3.44. The highest BCUT2D eigenvalue weighted by Crippen LogP contribution is 2.30. The lowest BCUT2D eigenvalue weighted by Gasteiger charge is -2.40. The summed E-state index contributed by atoms with van der Waals surface area (Å²) < 4.78 is 0. The largest absolute Gasteiger partial charge is 0.328 e. The molecule has 0 aromatic rings. The lowest BCUT2D eigenvalue weighted by atomic mass is 9.95. The van der Waals surface area contributed by atoms with Crippen molar-refractivity contribution in [1.82, 2.24) is 4.90 Å². The van der Waals surface area contributed by atoms with Crippen molar-refractivity contribution in [2.24, 2.45) is 5.73 Å². The highest BCUT2D eigenvalue weighted by Gasteiger charge is 2.32. The van der Waals surface area contributed by atoms with Crippen LogP contribution in [0.1, 0.15) is 58.3 Å². The number of hydrogen-bond acceptors (Lipinski definition) is 2. The van der Waals surface area contributed by atoms with Crippen molar-refractivity contribution in [2.75, 3.05) is 6.54 Å². The van der Waals surface area contributed by atoms with Crippen molar-refractivity contribution >= 4 is 0 Å². The molecule has 2 heteroatoms. The SMILES string of the molecule is CCCC1CCCCN1C1CCC(N)C1. The van der Waals surface area contributed by atoms with Crippen molar-refractivity contribution in [2.45, 2.75) is 76.4 Å². The fraction of sp³-hybridized carbons (Fsp3) is 1.00. The van der Waals surface area contributed by atoms with Crippen molar-refractivity contribution in [3.05, 3.63) is 0 Å². The molecule has 3 unspecified atom stereocenters. The molecule has 2 aliphatic rings. The lowest BCUT2D eigenvalue weighted by Crippen LogP contribution is -2.45. The van der Waals surface area contributed by atoms with Crippen LogP contribution in [0.15, 0.2) is 0 Å². The molecule has 0 aromatic carbocycles. The Balaban J connectivity index is 1.92. The topological polar surface area (TPSA) is 29.3 Å². The van der Waals surface area contributed by atoms with E-state index in [0.29, 0.717) is 6.04 Å². The van der Waals surface area contributed by atoms with Gasteiger partial charge in [0.15, 0.2) is 0 Å². The highest BCUT2D eigenvalue weighted by atomic mass is 15.2. The van der Waals surface area contributed by atoms with Crippen molar-refractivity contribution < 1.29 is 0 Å². The van der Waals surface area contributed by atoms with E-state index in [4.69, 9.17) is 5.73 Å². The summed E-state index contributed by atoms with van der Waals surface area (Å²) in [6.07, 6.45) is 10.9. The molecule has 0 radical (unpaired) electrons. The molecule has 0 bridgehead atoms. The standard InChI is InChI=1S/C13H26N2/c1-2-5-12-6-3-4-9-15(12)13-8-7-11(14)10-13/h11-13H,2-10,14H2,1H3. The number of hydrogen-bond donors (Lipinski definition) is 1. The molecule has 0 spiro atoms. The van der Waals surface area contributed by atoms with Crippen LogP contribution >= 0.6 is 0 Å². The fourth-order valence-corrected chi connectivity index (χ4v) is 3.44. The normalized spacial score (nSPS) is 38.4. The van der Waals surface area contributed by atoms with Gasteiger partial charge in [-0.05, 0) is 45.1 Å². The average molecular weight is 210 g/mol. The van der Waals surface area contributed by atoms with Gasteiger partial charge < -0.3 is 5.73 Å². The molecule has 1 aliphatic carbocycles. The van der Waals surface area contributed by atoms with Crippen LogP contribution in [0.2, 0.25) is 0 Å². The Morgan fingerprint density at radius 3 is 2.73 bits per heavy atom. The van der Waals surface area contributed by atoms with Crippen LogP contribution in [-0.2, 0) is 0 Å².